The zero-order valence-corrected chi connectivity index (χ0v) is 18.2. The highest BCUT2D eigenvalue weighted by atomic mass is 35.5. The van der Waals surface area contributed by atoms with Crippen LogP contribution in [0.2, 0.25) is 10.3 Å². The van der Waals surface area contributed by atoms with Gasteiger partial charge in [0.25, 0.3) is 0 Å². The Morgan fingerprint density at radius 1 is 0.700 bits per heavy atom. The van der Waals surface area contributed by atoms with E-state index in [1.807, 2.05) is 36.4 Å². The lowest BCUT2D eigenvalue weighted by atomic mass is 10.1. The second kappa shape index (κ2) is 8.90. The molecule has 0 aliphatic rings. The van der Waals surface area contributed by atoms with E-state index in [0.717, 1.165) is 32.9 Å². The van der Waals surface area contributed by atoms with Crippen LogP contribution in [0.25, 0.3) is 21.8 Å². The summed E-state index contributed by atoms with van der Waals surface area (Å²) in [5.74, 6) is 0. The number of aromatic nitrogens is 2. The van der Waals surface area contributed by atoms with Crippen molar-refractivity contribution in [1.29, 1.82) is 0 Å². The van der Waals surface area contributed by atoms with Crippen LogP contribution in [-0.2, 0) is 0 Å². The molecular formula is C24H20Cl2N4. The Labute approximate surface area is 185 Å². The van der Waals surface area contributed by atoms with Gasteiger partial charge in [0, 0.05) is 34.3 Å². The topological polar surface area (TPSA) is 50.5 Å². The molecular weight excluding hydrogens is 415 g/mol. The summed E-state index contributed by atoms with van der Waals surface area (Å²) in [5, 5.41) is 2.99. The molecule has 6 heteroatoms. The SMILES string of the molecule is Cc1ccc2nc(Cl)c(C=NCCN=Cc3cc4cc(C)ccc4nc3Cl)cc2c1. The minimum Gasteiger partial charge on any atom is -0.291 e. The third-order valence-corrected chi connectivity index (χ3v) is 5.33. The molecule has 0 bridgehead atoms. The molecule has 2 heterocycles. The van der Waals surface area contributed by atoms with Gasteiger partial charge >= 0.3 is 0 Å². The van der Waals surface area contributed by atoms with E-state index in [0.29, 0.717) is 23.4 Å². The molecule has 4 nitrogen and oxygen atoms in total. The molecule has 4 rings (SSSR count). The predicted octanol–water partition coefficient (Wildman–Crippen LogP) is 6.24. The van der Waals surface area contributed by atoms with Crippen molar-refractivity contribution in [3.8, 4) is 0 Å². The van der Waals surface area contributed by atoms with Crippen LogP contribution < -0.4 is 0 Å². The number of benzene rings is 2. The Bertz CT molecular complexity index is 1190. The van der Waals surface area contributed by atoms with E-state index in [2.05, 4.69) is 45.9 Å². The summed E-state index contributed by atoms with van der Waals surface area (Å²) in [6, 6.07) is 16.2. The number of rotatable bonds is 5. The van der Waals surface area contributed by atoms with Crippen molar-refractivity contribution < 1.29 is 0 Å². The van der Waals surface area contributed by atoms with E-state index >= 15 is 0 Å². The number of nitrogens with zero attached hydrogens (tertiary/aromatic N) is 4. The zero-order valence-electron chi connectivity index (χ0n) is 16.7. The van der Waals surface area contributed by atoms with Gasteiger partial charge in [-0.1, -0.05) is 46.5 Å². The molecule has 2 aromatic heterocycles. The van der Waals surface area contributed by atoms with E-state index in [1.54, 1.807) is 12.4 Å². The normalized spacial score (nSPS) is 12.0. The molecule has 30 heavy (non-hydrogen) atoms. The molecule has 0 unspecified atom stereocenters. The summed E-state index contributed by atoms with van der Waals surface area (Å²) >= 11 is 12.6. The minimum absolute atomic E-state index is 0.447. The number of aliphatic imine (C=N–C) groups is 2. The first kappa shape index (κ1) is 20.5. The van der Waals surface area contributed by atoms with Crippen molar-refractivity contribution in [3.05, 3.63) is 81.1 Å². The van der Waals surface area contributed by atoms with Crippen molar-refractivity contribution in [1.82, 2.24) is 9.97 Å². The van der Waals surface area contributed by atoms with E-state index in [4.69, 9.17) is 23.2 Å². The Kier molecular flexibility index (Phi) is 6.07. The van der Waals surface area contributed by atoms with Crippen LogP contribution in [0.5, 0.6) is 0 Å². The van der Waals surface area contributed by atoms with Crippen LogP contribution in [0.3, 0.4) is 0 Å². The summed E-state index contributed by atoms with van der Waals surface area (Å²) in [6.07, 6.45) is 3.50. The molecule has 2 aromatic carbocycles. The molecule has 0 saturated heterocycles. The molecule has 0 aliphatic heterocycles. The van der Waals surface area contributed by atoms with Gasteiger partial charge in [-0.15, -0.1) is 0 Å². The molecule has 0 aliphatic carbocycles. The Hall–Kier alpha value is -2.82. The molecule has 0 fully saturated rings. The number of fused-ring (bicyclic) bond motifs is 2. The third-order valence-electron chi connectivity index (χ3n) is 4.72. The third kappa shape index (κ3) is 4.66. The Balaban J connectivity index is 1.42. The maximum absolute atomic E-state index is 6.29. The highest BCUT2D eigenvalue weighted by Gasteiger charge is 2.04. The monoisotopic (exact) mass is 434 g/mol. The fourth-order valence-electron chi connectivity index (χ4n) is 3.20. The zero-order chi connectivity index (χ0) is 21.1. The minimum atomic E-state index is 0.447. The summed E-state index contributed by atoms with van der Waals surface area (Å²) < 4.78 is 0. The van der Waals surface area contributed by atoms with E-state index < -0.39 is 0 Å². The van der Waals surface area contributed by atoms with Crippen molar-refractivity contribution in [2.24, 2.45) is 9.98 Å². The second-order valence-corrected chi connectivity index (χ2v) is 7.92. The van der Waals surface area contributed by atoms with Crippen LogP contribution in [0.4, 0.5) is 0 Å². The van der Waals surface area contributed by atoms with Crippen LogP contribution in [0.15, 0.2) is 58.5 Å². The fourth-order valence-corrected chi connectivity index (χ4v) is 3.59. The van der Waals surface area contributed by atoms with Gasteiger partial charge in [0.15, 0.2) is 0 Å². The summed E-state index contributed by atoms with van der Waals surface area (Å²) in [5.41, 5.74) is 5.72. The van der Waals surface area contributed by atoms with Crippen LogP contribution in [-0.4, -0.2) is 35.5 Å². The van der Waals surface area contributed by atoms with Gasteiger partial charge in [-0.05, 0) is 50.2 Å². The molecule has 150 valence electrons. The van der Waals surface area contributed by atoms with Gasteiger partial charge in [-0.3, -0.25) is 9.98 Å². The lowest BCUT2D eigenvalue weighted by Crippen LogP contribution is -1.94. The molecule has 0 N–H and O–H groups in total. The average molecular weight is 435 g/mol. The highest BCUT2D eigenvalue weighted by Crippen LogP contribution is 2.21. The predicted molar refractivity (Wildman–Crippen MR) is 128 cm³/mol. The van der Waals surface area contributed by atoms with Gasteiger partial charge in [-0.2, -0.15) is 0 Å². The maximum atomic E-state index is 6.29. The molecule has 0 radical (unpaired) electrons. The first-order valence-corrected chi connectivity index (χ1v) is 10.4. The number of aryl methyl sites for hydroxylation is 2. The summed E-state index contributed by atoms with van der Waals surface area (Å²) in [4.78, 5) is 17.7. The van der Waals surface area contributed by atoms with Gasteiger partial charge in [0.1, 0.15) is 10.3 Å². The maximum Gasteiger partial charge on any atom is 0.138 e. The summed E-state index contributed by atoms with van der Waals surface area (Å²) in [7, 11) is 0. The van der Waals surface area contributed by atoms with Crippen LogP contribution in [0, 0.1) is 13.8 Å². The van der Waals surface area contributed by atoms with Gasteiger partial charge in [0.05, 0.1) is 24.1 Å². The molecule has 0 saturated carbocycles. The quantitative estimate of drug-likeness (QED) is 0.212. The first-order chi connectivity index (χ1) is 14.5. The smallest absolute Gasteiger partial charge is 0.138 e. The Morgan fingerprint density at radius 2 is 1.13 bits per heavy atom. The average Bonchev–Trinajstić information content (AvgIpc) is 2.71. The fraction of sp³-hybridized carbons (Fsp3) is 0.167. The van der Waals surface area contributed by atoms with E-state index in [9.17, 15) is 0 Å². The van der Waals surface area contributed by atoms with Crippen molar-refractivity contribution in [3.63, 3.8) is 0 Å². The first-order valence-electron chi connectivity index (χ1n) is 9.63. The molecule has 0 atom stereocenters. The Morgan fingerprint density at radius 3 is 1.57 bits per heavy atom. The van der Waals surface area contributed by atoms with Gasteiger partial charge < -0.3 is 0 Å². The second-order valence-electron chi connectivity index (χ2n) is 7.20. The van der Waals surface area contributed by atoms with E-state index in [-0.39, 0.29) is 0 Å². The lowest BCUT2D eigenvalue weighted by Gasteiger charge is -2.03. The van der Waals surface area contributed by atoms with Crippen LogP contribution in [0.1, 0.15) is 22.3 Å². The number of hydrogen-bond acceptors (Lipinski definition) is 4. The van der Waals surface area contributed by atoms with E-state index in [1.165, 1.54) is 11.1 Å². The molecule has 4 aromatic rings. The lowest BCUT2D eigenvalue weighted by molar-refractivity contribution is 0.985. The largest absolute Gasteiger partial charge is 0.291 e. The van der Waals surface area contributed by atoms with Crippen LogP contribution >= 0.6 is 23.2 Å². The van der Waals surface area contributed by atoms with Gasteiger partial charge in [-0.25, -0.2) is 9.97 Å². The van der Waals surface area contributed by atoms with Crippen molar-refractivity contribution >= 4 is 57.4 Å². The number of pyridine rings is 2. The number of hydrogen-bond donors (Lipinski definition) is 0. The van der Waals surface area contributed by atoms with Crippen molar-refractivity contribution in [2.75, 3.05) is 13.1 Å². The van der Waals surface area contributed by atoms with Crippen molar-refractivity contribution in [2.45, 2.75) is 13.8 Å². The summed E-state index contributed by atoms with van der Waals surface area (Å²) in [6.45, 7) is 5.18. The van der Waals surface area contributed by atoms with Gasteiger partial charge in [0.2, 0.25) is 0 Å². The molecule has 0 spiro atoms. The standard InChI is InChI=1S/C24H20Cl2N4/c1-15-3-5-21-17(9-15)11-19(23(25)29-21)13-27-7-8-28-14-20-12-18-10-16(2)4-6-22(18)30-24(20)26/h3-6,9-14H,7-8H2,1-2H3. The molecule has 0 amide bonds. The number of halogens is 2. The highest BCUT2D eigenvalue weighted by molar-refractivity contribution is 6.32.